The predicted octanol–water partition coefficient (Wildman–Crippen LogP) is 4.04. The largest absolute Gasteiger partial charge is 0.451 e. The number of benzene rings is 2. The molecule has 0 fully saturated rings. The summed E-state index contributed by atoms with van der Waals surface area (Å²) in [5.74, 6) is -0.874. The van der Waals surface area contributed by atoms with Crippen LogP contribution in [0.2, 0.25) is 0 Å². The van der Waals surface area contributed by atoms with Gasteiger partial charge in [0.2, 0.25) is 5.91 Å². The summed E-state index contributed by atoms with van der Waals surface area (Å²) in [6, 6.07) is 14.3. The van der Waals surface area contributed by atoms with E-state index in [1.165, 1.54) is 24.3 Å². The first-order valence-corrected chi connectivity index (χ1v) is 8.68. The number of carbonyl (C=O) groups excluding carboxylic acids is 2. The lowest BCUT2D eigenvalue weighted by molar-refractivity contribution is -0.137. The second-order valence-electron chi connectivity index (χ2n) is 6.31. The number of alkyl halides is 3. The van der Waals surface area contributed by atoms with Gasteiger partial charge in [0.05, 0.1) is 5.56 Å². The van der Waals surface area contributed by atoms with Crippen LogP contribution >= 0.6 is 0 Å². The molecule has 1 aromatic heterocycles. The fourth-order valence-electron chi connectivity index (χ4n) is 2.75. The Morgan fingerprint density at radius 3 is 2.48 bits per heavy atom. The van der Waals surface area contributed by atoms with Crippen molar-refractivity contribution < 1.29 is 27.2 Å². The van der Waals surface area contributed by atoms with Gasteiger partial charge in [-0.2, -0.15) is 13.2 Å². The van der Waals surface area contributed by atoms with Crippen LogP contribution in [0.3, 0.4) is 0 Å². The van der Waals surface area contributed by atoms with Gasteiger partial charge in [0.15, 0.2) is 5.76 Å². The Bertz CT molecular complexity index is 1040. The lowest BCUT2D eigenvalue weighted by atomic mass is 10.1. The minimum atomic E-state index is -4.46. The van der Waals surface area contributed by atoms with Crippen LogP contribution in [0.25, 0.3) is 11.3 Å². The van der Waals surface area contributed by atoms with Gasteiger partial charge in [0, 0.05) is 17.7 Å². The van der Waals surface area contributed by atoms with Crippen molar-refractivity contribution in [2.24, 2.45) is 5.73 Å². The first-order valence-electron chi connectivity index (χ1n) is 8.68. The van der Waals surface area contributed by atoms with E-state index in [9.17, 15) is 22.8 Å². The summed E-state index contributed by atoms with van der Waals surface area (Å²) < 4.78 is 43.9. The van der Waals surface area contributed by atoms with Crippen LogP contribution < -0.4 is 11.1 Å². The SMILES string of the molecule is NC(=O)c1cccc(CCNC(=O)c2ccc(-c3cccc(C(F)(F)F)c3)o2)c1. The fourth-order valence-corrected chi connectivity index (χ4v) is 2.75. The summed E-state index contributed by atoms with van der Waals surface area (Å²) >= 11 is 0. The highest BCUT2D eigenvalue weighted by molar-refractivity contribution is 5.93. The Balaban J connectivity index is 1.63. The molecule has 5 nitrogen and oxygen atoms in total. The predicted molar refractivity (Wildman–Crippen MR) is 100 cm³/mol. The highest BCUT2D eigenvalue weighted by Gasteiger charge is 2.30. The molecule has 29 heavy (non-hydrogen) atoms. The molecule has 0 bridgehead atoms. The van der Waals surface area contributed by atoms with Gasteiger partial charge < -0.3 is 15.5 Å². The van der Waals surface area contributed by atoms with Crippen LogP contribution in [0.4, 0.5) is 13.2 Å². The zero-order chi connectivity index (χ0) is 21.0. The van der Waals surface area contributed by atoms with Crippen molar-refractivity contribution in [2.45, 2.75) is 12.6 Å². The third kappa shape index (κ3) is 5.04. The molecule has 0 spiro atoms. The summed E-state index contributed by atoms with van der Waals surface area (Å²) in [7, 11) is 0. The van der Waals surface area contributed by atoms with Crippen molar-refractivity contribution in [2.75, 3.05) is 6.54 Å². The Morgan fingerprint density at radius 1 is 1.00 bits per heavy atom. The van der Waals surface area contributed by atoms with E-state index in [1.54, 1.807) is 24.3 Å². The molecular weight excluding hydrogens is 385 g/mol. The number of hydrogen-bond donors (Lipinski definition) is 2. The van der Waals surface area contributed by atoms with Gasteiger partial charge in [0.1, 0.15) is 5.76 Å². The van der Waals surface area contributed by atoms with Crippen LogP contribution in [-0.2, 0) is 12.6 Å². The van der Waals surface area contributed by atoms with Crippen molar-refractivity contribution in [1.82, 2.24) is 5.32 Å². The van der Waals surface area contributed by atoms with Crippen LogP contribution in [0, 0.1) is 0 Å². The Labute approximate surface area is 164 Å². The van der Waals surface area contributed by atoms with E-state index in [0.717, 1.165) is 17.7 Å². The molecule has 1 heterocycles. The molecule has 0 atom stereocenters. The smallest absolute Gasteiger partial charge is 0.416 e. The first kappa shape index (κ1) is 20.2. The van der Waals surface area contributed by atoms with E-state index in [1.807, 2.05) is 0 Å². The van der Waals surface area contributed by atoms with Crippen molar-refractivity contribution in [3.8, 4) is 11.3 Å². The zero-order valence-electron chi connectivity index (χ0n) is 15.1. The molecular formula is C21H17F3N2O3. The van der Waals surface area contributed by atoms with E-state index < -0.39 is 23.6 Å². The van der Waals surface area contributed by atoms with Crippen LogP contribution in [0.5, 0.6) is 0 Å². The molecule has 2 aromatic carbocycles. The number of primary amides is 1. The number of furan rings is 1. The van der Waals surface area contributed by atoms with E-state index in [0.29, 0.717) is 12.0 Å². The summed E-state index contributed by atoms with van der Waals surface area (Å²) in [4.78, 5) is 23.4. The first-order chi connectivity index (χ1) is 13.7. The summed E-state index contributed by atoms with van der Waals surface area (Å²) in [6.07, 6.45) is -4.00. The Morgan fingerprint density at radius 2 is 1.76 bits per heavy atom. The van der Waals surface area contributed by atoms with Gasteiger partial charge in [0.25, 0.3) is 5.91 Å². The van der Waals surface area contributed by atoms with Gasteiger partial charge in [-0.05, 0) is 48.4 Å². The fraction of sp³-hybridized carbons (Fsp3) is 0.143. The van der Waals surface area contributed by atoms with Crippen LogP contribution in [0.1, 0.15) is 32.0 Å². The van der Waals surface area contributed by atoms with E-state index >= 15 is 0 Å². The highest BCUT2D eigenvalue weighted by Crippen LogP contribution is 2.32. The van der Waals surface area contributed by atoms with Crippen LogP contribution in [-0.4, -0.2) is 18.4 Å². The van der Waals surface area contributed by atoms with Crippen molar-refractivity contribution >= 4 is 11.8 Å². The number of hydrogen-bond acceptors (Lipinski definition) is 3. The molecule has 0 aliphatic rings. The molecule has 0 aliphatic carbocycles. The lowest BCUT2D eigenvalue weighted by Crippen LogP contribution is -2.25. The molecule has 3 rings (SSSR count). The molecule has 0 saturated carbocycles. The monoisotopic (exact) mass is 402 g/mol. The molecule has 3 aromatic rings. The normalized spacial score (nSPS) is 11.3. The van der Waals surface area contributed by atoms with E-state index in [4.69, 9.17) is 10.2 Å². The highest BCUT2D eigenvalue weighted by atomic mass is 19.4. The molecule has 2 amide bonds. The van der Waals surface area contributed by atoms with Crippen molar-refractivity contribution in [3.63, 3.8) is 0 Å². The minimum Gasteiger partial charge on any atom is -0.451 e. The summed E-state index contributed by atoms with van der Waals surface area (Å²) in [5, 5.41) is 2.67. The number of carbonyl (C=O) groups is 2. The quantitative estimate of drug-likeness (QED) is 0.653. The number of rotatable bonds is 6. The third-order valence-corrected chi connectivity index (χ3v) is 4.21. The molecule has 0 saturated heterocycles. The van der Waals surface area contributed by atoms with Gasteiger partial charge in [-0.15, -0.1) is 0 Å². The number of halogens is 3. The van der Waals surface area contributed by atoms with E-state index in [2.05, 4.69) is 5.32 Å². The van der Waals surface area contributed by atoms with Crippen molar-refractivity contribution in [3.05, 3.63) is 83.1 Å². The maximum atomic E-state index is 12.8. The standard InChI is InChI=1S/C21H17F3N2O3/c22-21(23,24)16-6-2-4-14(12-16)17-7-8-18(29-17)20(28)26-10-9-13-3-1-5-15(11-13)19(25)27/h1-8,11-12H,9-10H2,(H2,25,27)(H,26,28). The second-order valence-corrected chi connectivity index (χ2v) is 6.31. The molecule has 0 aliphatic heterocycles. The van der Waals surface area contributed by atoms with Gasteiger partial charge in [-0.25, -0.2) is 0 Å². The number of nitrogens with one attached hydrogen (secondary N) is 1. The van der Waals surface area contributed by atoms with Crippen LogP contribution in [0.15, 0.2) is 65.1 Å². The maximum absolute atomic E-state index is 12.8. The molecule has 8 heteroatoms. The average molecular weight is 402 g/mol. The van der Waals surface area contributed by atoms with Gasteiger partial charge in [-0.1, -0.05) is 24.3 Å². The van der Waals surface area contributed by atoms with Gasteiger partial charge >= 0.3 is 6.18 Å². The molecule has 150 valence electrons. The minimum absolute atomic E-state index is 0.0108. The second kappa shape index (κ2) is 8.22. The summed E-state index contributed by atoms with van der Waals surface area (Å²) in [5.41, 5.74) is 5.87. The number of nitrogens with two attached hydrogens (primary N) is 1. The van der Waals surface area contributed by atoms with Crippen molar-refractivity contribution in [1.29, 1.82) is 0 Å². The lowest BCUT2D eigenvalue weighted by Gasteiger charge is -2.07. The third-order valence-electron chi connectivity index (χ3n) is 4.21. The zero-order valence-corrected chi connectivity index (χ0v) is 15.1. The maximum Gasteiger partial charge on any atom is 0.416 e. The molecule has 0 radical (unpaired) electrons. The Kier molecular flexibility index (Phi) is 5.72. The average Bonchev–Trinajstić information content (AvgIpc) is 3.18. The topological polar surface area (TPSA) is 85.3 Å². The number of amides is 2. The summed E-state index contributed by atoms with van der Waals surface area (Å²) in [6.45, 7) is 0.278. The molecule has 0 unspecified atom stereocenters. The van der Waals surface area contributed by atoms with Gasteiger partial charge in [-0.3, -0.25) is 9.59 Å². The Hall–Kier alpha value is -3.55. The van der Waals surface area contributed by atoms with E-state index in [-0.39, 0.29) is 23.6 Å². The molecule has 3 N–H and O–H groups in total.